The van der Waals surface area contributed by atoms with Gasteiger partial charge in [0.2, 0.25) is 0 Å². The van der Waals surface area contributed by atoms with Crippen molar-refractivity contribution in [3.05, 3.63) is 38.4 Å². The van der Waals surface area contributed by atoms with Gasteiger partial charge in [-0.2, -0.15) is 0 Å². The fourth-order valence-electron chi connectivity index (χ4n) is 2.33. The highest BCUT2D eigenvalue weighted by Crippen LogP contribution is 2.26. The van der Waals surface area contributed by atoms with Crippen LogP contribution in [0.3, 0.4) is 0 Å². The molecule has 1 aliphatic heterocycles. The molecule has 0 aliphatic carbocycles. The molecule has 0 radical (unpaired) electrons. The largest absolute Gasteiger partial charge is 0.381 e. The van der Waals surface area contributed by atoms with E-state index >= 15 is 0 Å². The van der Waals surface area contributed by atoms with E-state index in [1.54, 1.807) is 6.92 Å². The van der Waals surface area contributed by atoms with Crippen molar-refractivity contribution >= 4 is 23.2 Å². The van der Waals surface area contributed by atoms with Crippen LogP contribution in [-0.2, 0) is 4.74 Å². The Morgan fingerprint density at radius 2 is 2.33 bits per heavy atom. The fraction of sp³-hybridized carbons (Fsp3) is 0.500. The second-order valence-electron chi connectivity index (χ2n) is 5.17. The number of amides is 1. The summed E-state index contributed by atoms with van der Waals surface area (Å²) >= 11 is 6.01. The summed E-state index contributed by atoms with van der Waals surface area (Å²) in [6.07, 6.45) is 1.99. The van der Waals surface area contributed by atoms with Gasteiger partial charge in [-0.3, -0.25) is 14.9 Å². The lowest BCUT2D eigenvalue weighted by Gasteiger charge is -2.22. The predicted octanol–water partition coefficient (Wildman–Crippen LogP) is 2.71. The number of hydrogen-bond donors (Lipinski definition) is 1. The molecule has 1 aliphatic rings. The van der Waals surface area contributed by atoms with Crippen LogP contribution in [0.5, 0.6) is 0 Å². The molecule has 1 saturated heterocycles. The minimum Gasteiger partial charge on any atom is -0.381 e. The minimum absolute atomic E-state index is 0.106. The van der Waals surface area contributed by atoms with Crippen molar-refractivity contribution in [2.24, 2.45) is 5.92 Å². The van der Waals surface area contributed by atoms with Gasteiger partial charge in [-0.15, -0.1) is 0 Å². The molecule has 7 heteroatoms. The first-order valence-electron chi connectivity index (χ1n) is 6.79. The Bertz CT molecular complexity index is 556. The van der Waals surface area contributed by atoms with Crippen molar-refractivity contribution in [1.29, 1.82) is 0 Å². The Balaban J connectivity index is 2.07. The van der Waals surface area contributed by atoms with E-state index in [4.69, 9.17) is 16.3 Å². The predicted molar refractivity (Wildman–Crippen MR) is 78.7 cm³/mol. The van der Waals surface area contributed by atoms with Gasteiger partial charge in [0.15, 0.2) is 0 Å². The molecule has 1 N–H and O–H groups in total. The summed E-state index contributed by atoms with van der Waals surface area (Å²) in [5.41, 5.74) is 0.457. The van der Waals surface area contributed by atoms with Gasteiger partial charge in [-0.05, 0) is 31.7 Å². The van der Waals surface area contributed by atoms with E-state index in [0.717, 1.165) is 19.4 Å². The number of benzene rings is 1. The lowest BCUT2D eigenvalue weighted by atomic mass is 10.0. The van der Waals surface area contributed by atoms with E-state index in [0.29, 0.717) is 18.7 Å². The molecule has 21 heavy (non-hydrogen) atoms. The lowest BCUT2D eigenvalue weighted by molar-refractivity contribution is -0.385. The van der Waals surface area contributed by atoms with Crippen LogP contribution in [0, 0.1) is 23.0 Å². The molecule has 1 atom stereocenters. The second-order valence-corrected chi connectivity index (χ2v) is 5.58. The summed E-state index contributed by atoms with van der Waals surface area (Å²) in [6, 6.07) is 2.67. The number of nitro benzene ring substituents is 1. The Morgan fingerprint density at radius 3 is 2.95 bits per heavy atom. The summed E-state index contributed by atoms with van der Waals surface area (Å²) in [5.74, 6) is -0.115. The Labute approximate surface area is 127 Å². The number of nitrogens with zero attached hydrogens (tertiary/aromatic N) is 1. The number of nitro groups is 1. The number of hydrogen-bond acceptors (Lipinski definition) is 4. The molecule has 114 valence electrons. The van der Waals surface area contributed by atoms with Crippen LogP contribution in [0.1, 0.15) is 28.8 Å². The summed E-state index contributed by atoms with van der Waals surface area (Å²) in [6.45, 7) is 3.46. The molecule has 1 amide bonds. The standard InChI is InChI=1S/C14H17ClN2O4/c1-9-5-12(15)11(6-13(9)17(19)20)14(18)16-7-10-3-2-4-21-8-10/h5-6,10H,2-4,7-8H2,1H3,(H,16,18). The molecule has 0 aromatic heterocycles. The normalized spacial score (nSPS) is 18.3. The zero-order valence-electron chi connectivity index (χ0n) is 11.7. The van der Waals surface area contributed by atoms with Gasteiger partial charge < -0.3 is 10.1 Å². The van der Waals surface area contributed by atoms with Gasteiger partial charge in [-0.25, -0.2) is 0 Å². The topological polar surface area (TPSA) is 81.5 Å². The molecule has 2 rings (SSSR count). The number of ether oxygens (including phenoxy) is 1. The highest BCUT2D eigenvalue weighted by Gasteiger charge is 2.20. The maximum absolute atomic E-state index is 12.1. The number of aryl methyl sites for hydroxylation is 1. The highest BCUT2D eigenvalue weighted by atomic mass is 35.5. The summed E-state index contributed by atoms with van der Waals surface area (Å²) in [4.78, 5) is 22.5. The van der Waals surface area contributed by atoms with Crippen molar-refractivity contribution in [1.82, 2.24) is 5.32 Å². The first-order chi connectivity index (χ1) is 9.99. The molecule has 1 aromatic carbocycles. The van der Waals surface area contributed by atoms with Gasteiger partial charge in [0.1, 0.15) is 0 Å². The van der Waals surface area contributed by atoms with Gasteiger partial charge in [0.25, 0.3) is 11.6 Å². The third-order valence-corrected chi connectivity index (χ3v) is 3.85. The van der Waals surface area contributed by atoms with Gasteiger partial charge in [0, 0.05) is 24.8 Å². The summed E-state index contributed by atoms with van der Waals surface area (Å²) in [7, 11) is 0. The van der Waals surface area contributed by atoms with E-state index in [1.165, 1.54) is 12.1 Å². The molecule has 1 heterocycles. The zero-order valence-corrected chi connectivity index (χ0v) is 12.5. The molecule has 0 bridgehead atoms. The first-order valence-corrected chi connectivity index (χ1v) is 7.17. The molecule has 0 saturated carbocycles. The summed E-state index contributed by atoms with van der Waals surface area (Å²) in [5, 5.41) is 13.9. The number of carbonyl (C=O) groups is 1. The van der Waals surface area contributed by atoms with Crippen LogP contribution in [0.2, 0.25) is 5.02 Å². The molecular formula is C14H17ClN2O4. The number of nitrogens with one attached hydrogen (secondary N) is 1. The van der Waals surface area contributed by atoms with Crippen LogP contribution < -0.4 is 5.32 Å². The molecular weight excluding hydrogens is 296 g/mol. The second kappa shape index (κ2) is 6.87. The Kier molecular flexibility index (Phi) is 5.14. The van der Waals surface area contributed by atoms with Gasteiger partial charge >= 0.3 is 0 Å². The third-order valence-electron chi connectivity index (χ3n) is 3.53. The van der Waals surface area contributed by atoms with Crippen molar-refractivity contribution in [3.63, 3.8) is 0 Å². The monoisotopic (exact) mass is 312 g/mol. The van der Waals surface area contributed by atoms with Crippen LogP contribution >= 0.6 is 11.6 Å². The van der Waals surface area contributed by atoms with E-state index < -0.39 is 10.8 Å². The van der Waals surface area contributed by atoms with Gasteiger partial charge in [-0.1, -0.05) is 11.6 Å². The van der Waals surface area contributed by atoms with Crippen LogP contribution in [-0.4, -0.2) is 30.6 Å². The maximum atomic E-state index is 12.1. The van der Waals surface area contributed by atoms with Crippen molar-refractivity contribution in [3.8, 4) is 0 Å². The van der Waals surface area contributed by atoms with E-state index in [-0.39, 0.29) is 22.2 Å². The third kappa shape index (κ3) is 3.92. The SMILES string of the molecule is Cc1cc(Cl)c(C(=O)NCC2CCCOC2)cc1[N+](=O)[O-]. The van der Waals surface area contributed by atoms with Crippen LogP contribution in [0.4, 0.5) is 5.69 Å². The van der Waals surface area contributed by atoms with Crippen molar-refractivity contribution < 1.29 is 14.5 Å². The quantitative estimate of drug-likeness (QED) is 0.684. The van der Waals surface area contributed by atoms with E-state index in [9.17, 15) is 14.9 Å². The van der Waals surface area contributed by atoms with Gasteiger partial charge in [0.05, 0.1) is 22.1 Å². The number of rotatable bonds is 4. The van der Waals surface area contributed by atoms with Crippen LogP contribution in [0.15, 0.2) is 12.1 Å². The molecule has 6 nitrogen and oxygen atoms in total. The van der Waals surface area contributed by atoms with Crippen LogP contribution in [0.25, 0.3) is 0 Å². The minimum atomic E-state index is -0.516. The van der Waals surface area contributed by atoms with E-state index in [2.05, 4.69) is 5.32 Å². The molecule has 1 aromatic rings. The average Bonchev–Trinajstić information content (AvgIpc) is 2.45. The Hall–Kier alpha value is -1.66. The summed E-state index contributed by atoms with van der Waals surface area (Å²) < 4.78 is 5.34. The zero-order chi connectivity index (χ0) is 15.4. The smallest absolute Gasteiger partial charge is 0.273 e. The van der Waals surface area contributed by atoms with Crippen molar-refractivity contribution in [2.45, 2.75) is 19.8 Å². The maximum Gasteiger partial charge on any atom is 0.273 e. The number of carbonyl (C=O) groups excluding carboxylic acids is 1. The first kappa shape index (κ1) is 15.7. The fourth-order valence-corrected chi connectivity index (χ4v) is 2.64. The Morgan fingerprint density at radius 1 is 1.57 bits per heavy atom. The molecule has 0 spiro atoms. The number of halogens is 1. The highest BCUT2D eigenvalue weighted by molar-refractivity contribution is 6.34. The molecule has 1 fully saturated rings. The lowest BCUT2D eigenvalue weighted by Crippen LogP contribution is -2.33. The van der Waals surface area contributed by atoms with E-state index in [1.807, 2.05) is 0 Å². The van der Waals surface area contributed by atoms with Crippen molar-refractivity contribution in [2.75, 3.05) is 19.8 Å². The molecule has 1 unspecified atom stereocenters. The average molecular weight is 313 g/mol.